The number of nitrogens with one attached hydrogen (secondary N) is 1. The van der Waals surface area contributed by atoms with E-state index in [1.165, 1.54) is 17.4 Å². The van der Waals surface area contributed by atoms with Gasteiger partial charge < -0.3 is 5.32 Å². The number of aryl methyl sites for hydroxylation is 1. The van der Waals surface area contributed by atoms with Crippen LogP contribution in [0, 0.1) is 17.0 Å². The molecule has 0 saturated carbocycles. The Labute approximate surface area is 108 Å². The summed E-state index contributed by atoms with van der Waals surface area (Å²) in [5.74, 6) is 0. The van der Waals surface area contributed by atoms with E-state index >= 15 is 0 Å². The number of nitrogens with zero attached hydrogens (tertiary/aromatic N) is 3. The summed E-state index contributed by atoms with van der Waals surface area (Å²) in [5.41, 5.74) is 2.27. The summed E-state index contributed by atoms with van der Waals surface area (Å²) in [6.07, 6.45) is 1.83. The minimum Gasteiger partial charge on any atom is -0.308 e. The standard InChI is InChI=1S/C11H14N4O2S/c1-8-9(6-13-14(8)2)5-12-7-10-3-4-11(18-10)15(16)17/h3-4,6,12H,5,7H2,1-2H3. The van der Waals surface area contributed by atoms with E-state index < -0.39 is 0 Å². The van der Waals surface area contributed by atoms with Crippen molar-refractivity contribution in [1.29, 1.82) is 0 Å². The van der Waals surface area contributed by atoms with Crippen LogP contribution in [-0.2, 0) is 20.1 Å². The molecule has 96 valence electrons. The molecule has 0 aromatic carbocycles. The minimum absolute atomic E-state index is 0.185. The van der Waals surface area contributed by atoms with Crippen molar-refractivity contribution in [1.82, 2.24) is 15.1 Å². The zero-order valence-corrected chi connectivity index (χ0v) is 11.0. The molecule has 18 heavy (non-hydrogen) atoms. The Bertz CT molecular complexity index is 561. The molecule has 0 fully saturated rings. The molecular weight excluding hydrogens is 252 g/mol. The Morgan fingerprint density at radius 3 is 2.83 bits per heavy atom. The summed E-state index contributed by atoms with van der Waals surface area (Å²) in [4.78, 5) is 11.1. The van der Waals surface area contributed by atoms with Gasteiger partial charge in [0.25, 0.3) is 0 Å². The Morgan fingerprint density at radius 1 is 1.50 bits per heavy atom. The molecule has 1 N–H and O–H groups in total. The molecule has 0 saturated heterocycles. The van der Waals surface area contributed by atoms with E-state index in [4.69, 9.17) is 0 Å². The lowest BCUT2D eigenvalue weighted by atomic mass is 10.2. The third kappa shape index (κ3) is 2.74. The lowest BCUT2D eigenvalue weighted by molar-refractivity contribution is -0.380. The van der Waals surface area contributed by atoms with E-state index in [0.717, 1.165) is 16.1 Å². The van der Waals surface area contributed by atoms with E-state index in [2.05, 4.69) is 10.4 Å². The van der Waals surface area contributed by atoms with Gasteiger partial charge in [-0.25, -0.2) is 0 Å². The third-order valence-corrected chi connectivity index (χ3v) is 3.82. The topological polar surface area (TPSA) is 73.0 Å². The van der Waals surface area contributed by atoms with Crippen LogP contribution in [0.15, 0.2) is 18.3 Å². The van der Waals surface area contributed by atoms with Gasteiger partial charge >= 0.3 is 5.00 Å². The number of aromatic nitrogens is 2. The molecule has 0 spiro atoms. The van der Waals surface area contributed by atoms with Crippen molar-refractivity contribution >= 4 is 16.3 Å². The monoisotopic (exact) mass is 266 g/mol. The van der Waals surface area contributed by atoms with Crippen LogP contribution < -0.4 is 5.32 Å². The molecule has 0 aliphatic heterocycles. The smallest absolute Gasteiger partial charge is 0.308 e. The fourth-order valence-corrected chi connectivity index (χ4v) is 2.39. The number of hydrogen-bond donors (Lipinski definition) is 1. The van der Waals surface area contributed by atoms with Crippen LogP contribution in [-0.4, -0.2) is 14.7 Å². The first-order chi connectivity index (χ1) is 8.58. The second-order valence-corrected chi connectivity index (χ2v) is 5.13. The van der Waals surface area contributed by atoms with Gasteiger partial charge in [0.05, 0.1) is 11.1 Å². The summed E-state index contributed by atoms with van der Waals surface area (Å²) in [6.45, 7) is 3.36. The van der Waals surface area contributed by atoms with Crippen molar-refractivity contribution in [3.63, 3.8) is 0 Å². The molecule has 2 heterocycles. The Kier molecular flexibility index (Phi) is 3.73. The lowest BCUT2D eigenvalue weighted by Crippen LogP contribution is -2.12. The van der Waals surface area contributed by atoms with Crippen LogP contribution in [0.4, 0.5) is 5.00 Å². The highest BCUT2D eigenvalue weighted by Crippen LogP contribution is 2.23. The summed E-state index contributed by atoms with van der Waals surface area (Å²) in [7, 11) is 1.90. The molecule has 6 nitrogen and oxygen atoms in total. The first-order valence-electron chi connectivity index (χ1n) is 5.49. The summed E-state index contributed by atoms with van der Waals surface area (Å²) >= 11 is 1.20. The fourth-order valence-electron chi connectivity index (χ4n) is 1.60. The van der Waals surface area contributed by atoms with Gasteiger partial charge in [-0.15, -0.1) is 0 Å². The normalized spacial score (nSPS) is 10.8. The second kappa shape index (κ2) is 5.28. The van der Waals surface area contributed by atoms with Crippen molar-refractivity contribution < 1.29 is 4.92 Å². The van der Waals surface area contributed by atoms with E-state index in [0.29, 0.717) is 13.1 Å². The van der Waals surface area contributed by atoms with Crippen LogP contribution >= 0.6 is 11.3 Å². The summed E-state index contributed by atoms with van der Waals surface area (Å²) in [6, 6.07) is 3.32. The van der Waals surface area contributed by atoms with Crippen LogP contribution in [0.2, 0.25) is 0 Å². The minimum atomic E-state index is -0.362. The largest absolute Gasteiger partial charge is 0.324 e. The Hall–Kier alpha value is -1.73. The van der Waals surface area contributed by atoms with Crippen LogP contribution in [0.1, 0.15) is 16.1 Å². The van der Waals surface area contributed by atoms with Crippen molar-refractivity contribution in [3.8, 4) is 0 Å². The van der Waals surface area contributed by atoms with E-state index in [9.17, 15) is 10.1 Å². The SMILES string of the molecule is Cc1c(CNCc2ccc([N+](=O)[O-])s2)cnn1C. The molecule has 2 aromatic rings. The predicted octanol–water partition coefficient (Wildman–Crippen LogP) is 1.99. The van der Waals surface area contributed by atoms with Crippen LogP contribution in [0.5, 0.6) is 0 Å². The van der Waals surface area contributed by atoms with Crippen molar-refractivity contribution in [2.75, 3.05) is 0 Å². The summed E-state index contributed by atoms with van der Waals surface area (Å²) < 4.78 is 1.83. The van der Waals surface area contributed by atoms with Crippen molar-refractivity contribution in [2.24, 2.45) is 7.05 Å². The molecular formula is C11H14N4O2S. The molecule has 0 amide bonds. The molecule has 0 aliphatic carbocycles. The molecule has 0 unspecified atom stereocenters. The first-order valence-corrected chi connectivity index (χ1v) is 6.31. The number of nitro groups is 1. The van der Waals surface area contributed by atoms with Gasteiger partial charge in [-0.1, -0.05) is 11.3 Å². The zero-order chi connectivity index (χ0) is 13.1. The fraction of sp³-hybridized carbons (Fsp3) is 0.364. The molecule has 2 aromatic heterocycles. The Balaban J connectivity index is 1.88. The second-order valence-electron chi connectivity index (χ2n) is 3.98. The highest BCUT2D eigenvalue weighted by molar-refractivity contribution is 7.15. The maximum absolute atomic E-state index is 10.5. The highest BCUT2D eigenvalue weighted by Gasteiger charge is 2.09. The zero-order valence-electron chi connectivity index (χ0n) is 10.2. The molecule has 7 heteroatoms. The lowest BCUT2D eigenvalue weighted by Gasteiger charge is -2.02. The van der Waals surface area contributed by atoms with Crippen molar-refractivity contribution in [3.05, 3.63) is 44.6 Å². The molecule has 0 aliphatic rings. The van der Waals surface area contributed by atoms with Crippen LogP contribution in [0.3, 0.4) is 0 Å². The van der Waals surface area contributed by atoms with E-state index in [-0.39, 0.29) is 9.92 Å². The molecule has 0 radical (unpaired) electrons. The summed E-state index contributed by atoms with van der Waals surface area (Å²) in [5, 5.41) is 18.1. The third-order valence-electron chi connectivity index (χ3n) is 2.78. The van der Waals surface area contributed by atoms with Crippen LogP contribution in [0.25, 0.3) is 0 Å². The number of rotatable bonds is 5. The number of hydrogen-bond acceptors (Lipinski definition) is 5. The quantitative estimate of drug-likeness (QED) is 0.663. The maximum atomic E-state index is 10.5. The average Bonchev–Trinajstić information content (AvgIpc) is 2.91. The van der Waals surface area contributed by atoms with Gasteiger partial charge in [0.2, 0.25) is 0 Å². The predicted molar refractivity (Wildman–Crippen MR) is 69.5 cm³/mol. The Morgan fingerprint density at radius 2 is 2.28 bits per heavy atom. The highest BCUT2D eigenvalue weighted by atomic mass is 32.1. The van der Waals surface area contributed by atoms with Gasteiger partial charge in [-0.05, 0) is 13.0 Å². The van der Waals surface area contributed by atoms with Gasteiger partial charge in [0, 0.05) is 42.3 Å². The molecule has 2 rings (SSSR count). The van der Waals surface area contributed by atoms with Gasteiger partial charge in [0.1, 0.15) is 0 Å². The molecule has 0 atom stereocenters. The average molecular weight is 266 g/mol. The van der Waals surface area contributed by atoms with Crippen molar-refractivity contribution in [2.45, 2.75) is 20.0 Å². The molecule has 0 bridgehead atoms. The van der Waals surface area contributed by atoms with Gasteiger partial charge in [-0.2, -0.15) is 5.10 Å². The maximum Gasteiger partial charge on any atom is 0.324 e. The first kappa shape index (κ1) is 12.7. The van der Waals surface area contributed by atoms with Gasteiger partial charge in [-0.3, -0.25) is 14.8 Å². The van der Waals surface area contributed by atoms with Gasteiger partial charge in [0.15, 0.2) is 0 Å². The van der Waals surface area contributed by atoms with E-state index in [1.807, 2.05) is 24.9 Å². The number of thiophene rings is 1. The van der Waals surface area contributed by atoms with E-state index in [1.54, 1.807) is 6.07 Å².